The molecule has 3 atom stereocenters. The van der Waals surface area contributed by atoms with E-state index < -0.39 is 5.60 Å². The van der Waals surface area contributed by atoms with Crippen LogP contribution in [0.1, 0.15) is 27.2 Å². The number of likely N-dealkylation sites (tertiary alicyclic amines) is 1. The van der Waals surface area contributed by atoms with Crippen LogP contribution in [-0.2, 0) is 19.0 Å². The Hall–Kier alpha value is -1.30. The van der Waals surface area contributed by atoms with Crippen LogP contribution in [0.2, 0.25) is 0 Å². The molecule has 6 nitrogen and oxygen atoms in total. The second kappa shape index (κ2) is 5.00. The Morgan fingerprint density at radius 3 is 2.53 bits per heavy atom. The molecule has 0 radical (unpaired) electrons. The molecule has 2 fully saturated rings. The zero-order valence-corrected chi connectivity index (χ0v) is 11.8. The minimum atomic E-state index is -0.518. The number of rotatable bonds is 1. The maximum Gasteiger partial charge on any atom is 0.410 e. The molecule has 2 saturated heterocycles. The van der Waals surface area contributed by atoms with Crippen LogP contribution in [0.4, 0.5) is 4.79 Å². The molecule has 1 amide bonds. The zero-order valence-electron chi connectivity index (χ0n) is 11.8. The summed E-state index contributed by atoms with van der Waals surface area (Å²) in [5.41, 5.74) is -0.518. The van der Waals surface area contributed by atoms with Crippen molar-refractivity contribution in [2.45, 2.75) is 45.0 Å². The molecule has 0 spiro atoms. The third kappa shape index (κ3) is 3.18. The predicted molar refractivity (Wildman–Crippen MR) is 66.6 cm³/mol. The maximum atomic E-state index is 12.0. The van der Waals surface area contributed by atoms with Crippen molar-refractivity contribution in [3.05, 3.63) is 0 Å². The van der Waals surface area contributed by atoms with Gasteiger partial charge >= 0.3 is 12.1 Å². The minimum Gasteiger partial charge on any atom is -0.469 e. The molecule has 0 unspecified atom stereocenters. The van der Waals surface area contributed by atoms with E-state index in [1.54, 1.807) is 4.90 Å². The molecule has 0 aromatic carbocycles. The van der Waals surface area contributed by atoms with Gasteiger partial charge in [-0.3, -0.25) is 4.79 Å². The van der Waals surface area contributed by atoms with Gasteiger partial charge in [-0.05, 0) is 27.2 Å². The van der Waals surface area contributed by atoms with Crippen molar-refractivity contribution in [1.82, 2.24) is 4.90 Å². The molecule has 2 aliphatic heterocycles. The van der Waals surface area contributed by atoms with Gasteiger partial charge in [0.05, 0.1) is 38.3 Å². The standard InChI is InChI=1S/C13H21NO5/c1-13(2,3)19-12(16)14-6-8-5-9(11(15)17-4)10(7-14)18-8/h8-10H,5-7H2,1-4H3/t8-,9-,10-/m1/s1. The van der Waals surface area contributed by atoms with Crippen molar-refractivity contribution in [3.63, 3.8) is 0 Å². The quantitative estimate of drug-likeness (QED) is 0.670. The van der Waals surface area contributed by atoms with Crippen molar-refractivity contribution < 1.29 is 23.8 Å². The number of hydrogen-bond acceptors (Lipinski definition) is 5. The number of morpholine rings is 1. The average Bonchev–Trinajstić information content (AvgIpc) is 2.61. The fourth-order valence-corrected chi connectivity index (χ4v) is 2.53. The highest BCUT2D eigenvalue weighted by molar-refractivity contribution is 5.74. The van der Waals surface area contributed by atoms with Crippen LogP contribution in [0.3, 0.4) is 0 Å². The molecule has 2 aliphatic rings. The lowest BCUT2D eigenvalue weighted by Gasteiger charge is -2.34. The summed E-state index contributed by atoms with van der Waals surface area (Å²) in [6, 6.07) is 0. The number of ether oxygens (including phenoxy) is 3. The van der Waals surface area contributed by atoms with E-state index >= 15 is 0 Å². The Bertz CT molecular complexity index is 376. The Morgan fingerprint density at radius 2 is 1.95 bits per heavy atom. The monoisotopic (exact) mass is 271 g/mol. The van der Waals surface area contributed by atoms with Crippen LogP contribution in [0.25, 0.3) is 0 Å². The number of carbonyl (C=O) groups excluding carboxylic acids is 2. The molecule has 2 heterocycles. The van der Waals surface area contributed by atoms with Gasteiger partial charge in [0, 0.05) is 0 Å². The molecule has 108 valence electrons. The first-order valence-corrected chi connectivity index (χ1v) is 6.51. The molecule has 0 aliphatic carbocycles. The Morgan fingerprint density at radius 1 is 1.26 bits per heavy atom. The third-order valence-corrected chi connectivity index (χ3v) is 3.31. The highest BCUT2D eigenvalue weighted by Crippen LogP contribution is 2.33. The van der Waals surface area contributed by atoms with Crippen molar-refractivity contribution in [3.8, 4) is 0 Å². The predicted octanol–water partition coefficient (Wildman–Crippen LogP) is 1.18. The van der Waals surface area contributed by atoms with Crippen LogP contribution in [0.5, 0.6) is 0 Å². The van der Waals surface area contributed by atoms with E-state index in [1.165, 1.54) is 7.11 Å². The first-order chi connectivity index (χ1) is 8.80. The summed E-state index contributed by atoms with van der Waals surface area (Å²) in [5.74, 6) is -0.541. The smallest absolute Gasteiger partial charge is 0.410 e. The molecule has 0 aromatic heterocycles. The summed E-state index contributed by atoms with van der Waals surface area (Å²) in [6.45, 7) is 6.34. The van der Waals surface area contributed by atoms with Gasteiger partial charge in [-0.1, -0.05) is 0 Å². The van der Waals surface area contributed by atoms with Crippen LogP contribution in [0.15, 0.2) is 0 Å². The summed E-state index contributed by atoms with van der Waals surface area (Å²) in [5, 5.41) is 0. The second-order valence-corrected chi connectivity index (χ2v) is 6.05. The van der Waals surface area contributed by atoms with Gasteiger partial charge in [0.15, 0.2) is 0 Å². The number of esters is 1. The lowest BCUT2D eigenvalue weighted by molar-refractivity contribution is -0.148. The van der Waals surface area contributed by atoms with E-state index in [9.17, 15) is 9.59 Å². The SMILES string of the molecule is COC(=O)[C@@H]1C[C@@H]2CN(C(=O)OC(C)(C)C)C[C@H]1O2. The molecule has 0 aromatic rings. The number of methoxy groups -OCH3 is 1. The van der Waals surface area contributed by atoms with Gasteiger partial charge in [0.1, 0.15) is 5.60 Å². The average molecular weight is 271 g/mol. The molecular weight excluding hydrogens is 250 g/mol. The summed E-state index contributed by atoms with van der Waals surface area (Å²) in [7, 11) is 1.37. The van der Waals surface area contributed by atoms with Gasteiger partial charge in [0.25, 0.3) is 0 Å². The fraction of sp³-hybridized carbons (Fsp3) is 0.846. The van der Waals surface area contributed by atoms with Crippen LogP contribution in [0, 0.1) is 5.92 Å². The van der Waals surface area contributed by atoms with E-state index in [2.05, 4.69) is 0 Å². The highest BCUT2D eigenvalue weighted by atomic mass is 16.6. The minimum absolute atomic E-state index is 0.102. The first-order valence-electron chi connectivity index (χ1n) is 6.51. The summed E-state index contributed by atoms with van der Waals surface area (Å²) < 4.78 is 15.8. The second-order valence-electron chi connectivity index (χ2n) is 6.05. The Balaban J connectivity index is 1.98. The summed E-state index contributed by atoms with van der Waals surface area (Å²) >= 11 is 0. The number of amides is 1. The highest BCUT2D eigenvalue weighted by Gasteiger charge is 2.46. The number of fused-ring (bicyclic) bond motifs is 2. The number of nitrogens with zero attached hydrogens (tertiary/aromatic N) is 1. The van der Waals surface area contributed by atoms with Crippen molar-refractivity contribution >= 4 is 12.1 Å². The summed E-state index contributed by atoms with van der Waals surface area (Å²) in [4.78, 5) is 25.3. The van der Waals surface area contributed by atoms with Crippen molar-refractivity contribution in [2.75, 3.05) is 20.2 Å². The van der Waals surface area contributed by atoms with Crippen molar-refractivity contribution in [2.24, 2.45) is 5.92 Å². The molecule has 0 N–H and O–H groups in total. The molecule has 6 heteroatoms. The molecule has 2 rings (SSSR count). The molecular formula is C13H21NO5. The molecule has 2 bridgehead atoms. The Labute approximate surface area is 113 Å². The number of hydrogen-bond donors (Lipinski definition) is 0. The van der Waals surface area contributed by atoms with Gasteiger partial charge in [-0.15, -0.1) is 0 Å². The lowest BCUT2D eigenvalue weighted by Crippen LogP contribution is -2.48. The van der Waals surface area contributed by atoms with Crippen LogP contribution >= 0.6 is 0 Å². The van der Waals surface area contributed by atoms with E-state index in [0.29, 0.717) is 19.5 Å². The topological polar surface area (TPSA) is 65.1 Å². The van der Waals surface area contributed by atoms with Crippen LogP contribution in [-0.4, -0.2) is 55.0 Å². The van der Waals surface area contributed by atoms with E-state index in [0.717, 1.165) is 0 Å². The van der Waals surface area contributed by atoms with Gasteiger partial charge < -0.3 is 19.1 Å². The maximum absolute atomic E-state index is 12.0. The van der Waals surface area contributed by atoms with E-state index in [-0.39, 0.29) is 30.2 Å². The Kier molecular flexibility index (Phi) is 3.71. The zero-order chi connectivity index (χ0) is 14.2. The van der Waals surface area contributed by atoms with E-state index in [4.69, 9.17) is 14.2 Å². The molecule has 0 saturated carbocycles. The summed E-state index contributed by atoms with van der Waals surface area (Å²) in [6.07, 6.45) is -0.123. The fourth-order valence-electron chi connectivity index (χ4n) is 2.53. The third-order valence-electron chi connectivity index (χ3n) is 3.31. The van der Waals surface area contributed by atoms with Gasteiger partial charge in [-0.2, -0.15) is 0 Å². The first kappa shape index (κ1) is 14.1. The van der Waals surface area contributed by atoms with Gasteiger partial charge in [0.2, 0.25) is 0 Å². The van der Waals surface area contributed by atoms with Gasteiger partial charge in [-0.25, -0.2) is 4.79 Å². The lowest BCUT2D eigenvalue weighted by atomic mass is 10.0. The van der Waals surface area contributed by atoms with E-state index in [1.807, 2.05) is 20.8 Å². The molecule has 19 heavy (non-hydrogen) atoms. The number of carbonyl (C=O) groups is 2. The van der Waals surface area contributed by atoms with Crippen molar-refractivity contribution in [1.29, 1.82) is 0 Å². The van der Waals surface area contributed by atoms with Crippen LogP contribution < -0.4 is 0 Å². The largest absolute Gasteiger partial charge is 0.469 e. The normalized spacial score (nSPS) is 30.1.